The van der Waals surface area contributed by atoms with Crippen molar-refractivity contribution in [3.8, 4) is 11.6 Å². The Labute approximate surface area is 195 Å². The Morgan fingerprint density at radius 1 is 0.500 bits per heavy atom. The molecule has 0 atom stereocenters. The number of fused-ring (bicyclic) bond motifs is 6. The van der Waals surface area contributed by atoms with E-state index < -0.39 is 0 Å². The molecule has 3 heterocycles. The molecule has 4 nitrogen and oxygen atoms in total. The summed E-state index contributed by atoms with van der Waals surface area (Å²) in [5.41, 5.74) is 5.36. The number of aromatic nitrogens is 3. The zero-order valence-corrected chi connectivity index (χ0v) is 18.4. The van der Waals surface area contributed by atoms with E-state index in [9.17, 15) is 5.11 Å². The van der Waals surface area contributed by atoms with Gasteiger partial charge in [0.05, 0.1) is 28.7 Å². The average molecular weight is 440 g/mol. The third kappa shape index (κ3) is 2.66. The van der Waals surface area contributed by atoms with Crippen LogP contribution in [0, 0.1) is 0 Å². The van der Waals surface area contributed by atoms with Gasteiger partial charge in [0, 0.05) is 21.5 Å². The third-order valence-electron chi connectivity index (χ3n) is 6.68. The quantitative estimate of drug-likeness (QED) is 0.330. The Morgan fingerprint density at radius 2 is 0.971 bits per heavy atom. The molecule has 0 spiro atoms. The van der Waals surface area contributed by atoms with Gasteiger partial charge in [-0.15, -0.1) is 0 Å². The summed E-state index contributed by atoms with van der Waals surface area (Å²) in [6.07, 6.45) is 0. The lowest BCUT2D eigenvalue weighted by Gasteiger charge is -2.11. The molecule has 162 valence electrons. The van der Waals surface area contributed by atoms with Gasteiger partial charge in [0.1, 0.15) is 11.6 Å². The van der Waals surface area contributed by atoms with Crippen LogP contribution in [-0.4, -0.2) is 19.2 Å². The molecule has 4 aromatic carbocycles. The Kier molecular flexibility index (Phi) is 4.10. The summed E-state index contributed by atoms with van der Waals surface area (Å²) < 4.78 is 4.45. The predicted molar refractivity (Wildman–Crippen MR) is 139 cm³/mol. The van der Waals surface area contributed by atoms with Gasteiger partial charge in [-0.3, -0.25) is 9.13 Å². The van der Waals surface area contributed by atoms with E-state index in [0.717, 1.165) is 50.0 Å². The number of aliphatic hydroxyl groups is 1. The highest BCUT2D eigenvalue weighted by Crippen LogP contribution is 2.34. The lowest BCUT2D eigenvalue weighted by Crippen LogP contribution is -2.03. The molecule has 0 saturated carbocycles. The molecule has 0 aliphatic rings. The van der Waals surface area contributed by atoms with E-state index in [2.05, 4.69) is 112 Å². The van der Waals surface area contributed by atoms with Crippen molar-refractivity contribution >= 4 is 43.6 Å². The molecule has 34 heavy (non-hydrogen) atoms. The van der Waals surface area contributed by atoms with E-state index in [0.29, 0.717) is 0 Å². The van der Waals surface area contributed by atoms with Crippen LogP contribution in [0.5, 0.6) is 0 Å². The van der Waals surface area contributed by atoms with Gasteiger partial charge in [0.15, 0.2) is 0 Å². The highest BCUT2D eigenvalue weighted by molar-refractivity contribution is 6.10. The Balaban J connectivity index is 1.53. The molecule has 0 aliphatic carbocycles. The van der Waals surface area contributed by atoms with Crippen molar-refractivity contribution in [2.24, 2.45) is 0 Å². The zero-order chi connectivity index (χ0) is 22.6. The maximum atomic E-state index is 9.69. The minimum Gasteiger partial charge on any atom is -0.392 e. The molecule has 4 heteroatoms. The smallest absolute Gasteiger partial charge is 0.140 e. The van der Waals surface area contributed by atoms with Crippen molar-refractivity contribution in [1.82, 2.24) is 14.1 Å². The van der Waals surface area contributed by atoms with Crippen LogP contribution >= 0.6 is 0 Å². The third-order valence-corrected chi connectivity index (χ3v) is 6.68. The molecule has 0 radical (unpaired) electrons. The Morgan fingerprint density at radius 3 is 1.50 bits per heavy atom. The topological polar surface area (TPSA) is 43.0 Å². The second-order valence-corrected chi connectivity index (χ2v) is 8.59. The zero-order valence-electron chi connectivity index (χ0n) is 18.4. The highest BCUT2D eigenvalue weighted by atomic mass is 16.3. The first-order valence-corrected chi connectivity index (χ1v) is 11.4. The van der Waals surface area contributed by atoms with Crippen molar-refractivity contribution in [1.29, 1.82) is 0 Å². The minimum atomic E-state index is 0.0248. The first kappa shape index (κ1) is 19.1. The van der Waals surface area contributed by atoms with Crippen LogP contribution in [0.15, 0.2) is 109 Å². The summed E-state index contributed by atoms with van der Waals surface area (Å²) in [6.45, 7) is 0.0248. The van der Waals surface area contributed by atoms with Crippen molar-refractivity contribution in [3.05, 3.63) is 115 Å². The number of pyridine rings is 1. The van der Waals surface area contributed by atoms with E-state index in [4.69, 9.17) is 4.98 Å². The van der Waals surface area contributed by atoms with Gasteiger partial charge in [0.25, 0.3) is 0 Å². The van der Waals surface area contributed by atoms with E-state index in [1.165, 1.54) is 10.8 Å². The lowest BCUT2D eigenvalue weighted by molar-refractivity contribution is 0.282. The predicted octanol–water partition coefficient (Wildman–Crippen LogP) is 6.77. The van der Waals surface area contributed by atoms with Crippen LogP contribution < -0.4 is 0 Å². The van der Waals surface area contributed by atoms with Crippen LogP contribution in [0.1, 0.15) is 5.56 Å². The first-order valence-electron chi connectivity index (χ1n) is 11.4. The van der Waals surface area contributed by atoms with E-state index in [-0.39, 0.29) is 6.61 Å². The molecule has 1 N–H and O–H groups in total. The van der Waals surface area contributed by atoms with Gasteiger partial charge in [0.2, 0.25) is 0 Å². The number of benzene rings is 4. The summed E-state index contributed by atoms with van der Waals surface area (Å²) >= 11 is 0. The van der Waals surface area contributed by atoms with Crippen LogP contribution in [0.25, 0.3) is 55.2 Å². The van der Waals surface area contributed by atoms with Crippen molar-refractivity contribution in [3.63, 3.8) is 0 Å². The molecule has 0 fully saturated rings. The summed E-state index contributed by atoms with van der Waals surface area (Å²) in [7, 11) is 0. The number of nitrogens with zero attached hydrogens (tertiary/aromatic N) is 3. The van der Waals surface area contributed by atoms with Gasteiger partial charge in [-0.25, -0.2) is 4.98 Å². The standard InChI is InChI=1S/C30H21N3O/c34-19-20-16-17-28-24(18-20)23-10-3-6-13-27(23)33(28)30-15-7-14-29(31-30)32-25-11-4-1-8-21(25)22-9-2-5-12-26(22)32/h1-18,34H,19H2. The maximum absolute atomic E-state index is 9.69. The summed E-state index contributed by atoms with van der Waals surface area (Å²) in [6, 6.07) is 37.7. The van der Waals surface area contributed by atoms with Crippen LogP contribution in [-0.2, 0) is 6.61 Å². The Hall–Kier alpha value is -4.41. The van der Waals surface area contributed by atoms with E-state index in [1.54, 1.807) is 0 Å². The second kappa shape index (κ2) is 7.30. The SMILES string of the molecule is OCc1ccc2c(c1)c1ccccc1n2-c1cccc(-n2c3ccccc3c3ccccc32)n1. The number of para-hydroxylation sites is 3. The van der Waals surface area contributed by atoms with Crippen molar-refractivity contribution < 1.29 is 5.11 Å². The van der Waals surface area contributed by atoms with Crippen molar-refractivity contribution in [2.75, 3.05) is 0 Å². The highest BCUT2D eigenvalue weighted by Gasteiger charge is 2.16. The summed E-state index contributed by atoms with van der Waals surface area (Å²) in [5.74, 6) is 1.75. The molecule has 0 aliphatic heterocycles. The number of hydrogen-bond donors (Lipinski definition) is 1. The van der Waals surface area contributed by atoms with Crippen molar-refractivity contribution in [2.45, 2.75) is 6.61 Å². The number of aliphatic hydroxyl groups excluding tert-OH is 1. The lowest BCUT2D eigenvalue weighted by atomic mass is 10.1. The molecule has 7 aromatic rings. The fourth-order valence-electron chi connectivity index (χ4n) is 5.20. The van der Waals surface area contributed by atoms with Crippen LogP contribution in [0.4, 0.5) is 0 Å². The van der Waals surface area contributed by atoms with Crippen LogP contribution in [0.3, 0.4) is 0 Å². The molecule has 0 bridgehead atoms. The normalized spacial score (nSPS) is 11.8. The maximum Gasteiger partial charge on any atom is 0.140 e. The molecular formula is C30H21N3O. The van der Waals surface area contributed by atoms with Crippen LogP contribution in [0.2, 0.25) is 0 Å². The van der Waals surface area contributed by atoms with E-state index in [1.807, 2.05) is 6.07 Å². The number of rotatable bonds is 3. The largest absolute Gasteiger partial charge is 0.392 e. The molecule has 0 unspecified atom stereocenters. The average Bonchev–Trinajstić information content (AvgIpc) is 3.41. The van der Waals surface area contributed by atoms with Gasteiger partial charge in [-0.1, -0.05) is 66.7 Å². The van der Waals surface area contributed by atoms with Gasteiger partial charge < -0.3 is 5.11 Å². The number of hydrogen-bond acceptors (Lipinski definition) is 2. The van der Waals surface area contributed by atoms with Gasteiger partial charge in [-0.2, -0.15) is 0 Å². The van der Waals surface area contributed by atoms with E-state index >= 15 is 0 Å². The monoisotopic (exact) mass is 439 g/mol. The summed E-state index contributed by atoms with van der Waals surface area (Å²) in [5, 5.41) is 14.4. The fraction of sp³-hybridized carbons (Fsp3) is 0.0333. The second-order valence-electron chi connectivity index (χ2n) is 8.59. The van der Waals surface area contributed by atoms with Gasteiger partial charge >= 0.3 is 0 Å². The molecule has 0 amide bonds. The molecular weight excluding hydrogens is 418 g/mol. The minimum absolute atomic E-state index is 0.0248. The Bertz CT molecular complexity index is 1810. The molecule has 7 rings (SSSR count). The first-order chi connectivity index (χ1) is 16.8. The fourth-order valence-corrected chi connectivity index (χ4v) is 5.20. The summed E-state index contributed by atoms with van der Waals surface area (Å²) in [4.78, 5) is 5.18. The molecule has 3 aromatic heterocycles. The molecule has 0 saturated heterocycles. The van der Waals surface area contributed by atoms with Gasteiger partial charge in [-0.05, 0) is 48.0 Å².